The van der Waals surface area contributed by atoms with Crippen molar-refractivity contribution in [1.82, 2.24) is 4.90 Å². The molecule has 1 aliphatic rings. The molecule has 2 aromatic rings. The van der Waals surface area contributed by atoms with E-state index < -0.39 is 0 Å². The van der Waals surface area contributed by atoms with Crippen LogP contribution in [0, 0.1) is 0 Å². The number of ether oxygens (including phenoxy) is 3. The van der Waals surface area contributed by atoms with Crippen molar-refractivity contribution in [2.24, 2.45) is 0 Å². The Kier molecular flexibility index (Phi) is 7.81. The van der Waals surface area contributed by atoms with Crippen LogP contribution in [0.3, 0.4) is 0 Å². The minimum atomic E-state index is -0.371. The lowest BCUT2D eigenvalue weighted by Gasteiger charge is -2.25. The largest absolute Gasteiger partial charge is 0.494 e. The Labute approximate surface area is 182 Å². The first-order chi connectivity index (χ1) is 15.1. The first-order valence-electron chi connectivity index (χ1n) is 10.3. The first kappa shape index (κ1) is 22.5. The lowest BCUT2D eigenvalue weighted by atomic mass is 10.0. The minimum Gasteiger partial charge on any atom is -0.494 e. The number of hydrogen-bond donors (Lipinski definition) is 0. The van der Waals surface area contributed by atoms with Gasteiger partial charge in [-0.3, -0.25) is 9.59 Å². The molecule has 2 aromatic carbocycles. The molecule has 0 atom stereocenters. The normalized spacial score (nSPS) is 13.8. The lowest BCUT2D eigenvalue weighted by Crippen LogP contribution is -2.37. The Balaban J connectivity index is 2.08. The average Bonchev–Trinajstić information content (AvgIpc) is 3.05. The van der Waals surface area contributed by atoms with Crippen LogP contribution in [0.5, 0.6) is 5.75 Å². The van der Waals surface area contributed by atoms with Gasteiger partial charge >= 0.3 is 0 Å². The number of rotatable bonds is 11. The number of carbonyl (C=O) groups is 2. The molecule has 0 aromatic heterocycles. The predicted octanol–water partition coefficient (Wildman–Crippen LogP) is 2.96. The Morgan fingerprint density at radius 1 is 0.871 bits per heavy atom. The topological polar surface area (TPSA) is 68.3 Å². The van der Waals surface area contributed by atoms with Crippen molar-refractivity contribution in [3.05, 3.63) is 65.9 Å². The maximum Gasteiger partial charge on any atom is 0.282 e. The van der Waals surface area contributed by atoms with Gasteiger partial charge in [0.1, 0.15) is 11.4 Å². The molecule has 2 amide bonds. The van der Waals surface area contributed by atoms with E-state index >= 15 is 0 Å². The molecular weight excluding hydrogens is 396 g/mol. The predicted molar refractivity (Wildman–Crippen MR) is 119 cm³/mol. The minimum absolute atomic E-state index is 0.354. The van der Waals surface area contributed by atoms with E-state index in [2.05, 4.69) is 0 Å². The van der Waals surface area contributed by atoms with E-state index in [1.807, 2.05) is 42.2 Å². The highest BCUT2D eigenvalue weighted by Crippen LogP contribution is 2.35. The van der Waals surface area contributed by atoms with E-state index in [4.69, 9.17) is 14.2 Å². The standard InChI is InChI=1S/C24H28N2O5/c1-4-31-20-12-8-11-19(17-20)26-23(27)21(18-9-6-5-7-10-18)22(24(26)28)25(13-15-29-2)14-16-30-3/h5-12,17H,4,13-16H2,1-3H3. The van der Waals surface area contributed by atoms with Crippen molar-refractivity contribution in [1.29, 1.82) is 0 Å². The van der Waals surface area contributed by atoms with Crippen LogP contribution in [0.15, 0.2) is 60.3 Å². The smallest absolute Gasteiger partial charge is 0.282 e. The summed E-state index contributed by atoms with van der Waals surface area (Å²) >= 11 is 0. The van der Waals surface area contributed by atoms with Crippen LogP contribution < -0.4 is 9.64 Å². The van der Waals surface area contributed by atoms with Gasteiger partial charge in [-0.1, -0.05) is 36.4 Å². The van der Waals surface area contributed by atoms with Crippen molar-refractivity contribution in [3.63, 3.8) is 0 Å². The van der Waals surface area contributed by atoms with Crippen LogP contribution in [0.25, 0.3) is 5.57 Å². The lowest BCUT2D eigenvalue weighted by molar-refractivity contribution is -0.120. The molecule has 1 aliphatic heterocycles. The number of amides is 2. The molecule has 3 rings (SSSR count). The average molecular weight is 424 g/mol. The molecule has 0 spiro atoms. The van der Waals surface area contributed by atoms with Crippen molar-refractivity contribution in [2.45, 2.75) is 6.92 Å². The maximum atomic E-state index is 13.6. The van der Waals surface area contributed by atoms with Crippen LogP contribution >= 0.6 is 0 Å². The molecule has 0 radical (unpaired) electrons. The second kappa shape index (κ2) is 10.7. The quantitative estimate of drug-likeness (QED) is 0.517. The van der Waals surface area contributed by atoms with E-state index in [0.717, 1.165) is 0 Å². The summed E-state index contributed by atoms with van der Waals surface area (Å²) in [6.07, 6.45) is 0. The fraction of sp³-hybridized carbons (Fsp3) is 0.333. The molecule has 7 nitrogen and oxygen atoms in total. The number of imide groups is 1. The highest BCUT2D eigenvalue weighted by atomic mass is 16.5. The highest BCUT2D eigenvalue weighted by Gasteiger charge is 2.42. The maximum absolute atomic E-state index is 13.6. The van der Waals surface area contributed by atoms with Gasteiger partial charge < -0.3 is 19.1 Å². The number of benzene rings is 2. The zero-order valence-electron chi connectivity index (χ0n) is 18.2. The number of nitrogens with zero attached hydrogens (tertiary/aromatic N) is 2. The molecule has 0 saturated carbocycles. The molecule has 0 aliphatic carbocycles. The molecule has 1 heterocycles. The summed E-state index contributed by atoms with van der Waals surface area (Å²) in [5.74, 6) is -0.129. The molecule has 7 heteroatoms. The van der Waals surface area contributed by atoms with Gasteiger partial charge in [0.05, 0.1) is 31.1 Å². The van der Waals surface area contributed by atoms with Crippen LogP contribution in [0.2, 0.25) is 0 Å². The van der Waals surface area contributed by atoms with Gasteiger partial charge in [0.15, 0.2) is 0 Å². The van der Waals surface area contributed by atoms with E-state index in [-0.39, 0.29) is 11.8 Å². The number of hydrogen-bond acceptors (Lipinski definition) is 6. The Bertz CT molecular complexity index is 934. The zero-order chi connectivity index (χ0) is 22.2. The number of methoxy groups -OCH3 is 2. The summed E-state index contributed by atoms with van der Waals surface area (Å²) in [7, 11) is 3.21. The molecule has 0 fully saturated rings. The zero-order valence-corrected chi connectivity index (χ0v) is 18.2. The molecule has 0 unspecified atom stereocenters. The first-order valence-corrected chi connectivity index (χ1v) is 10.3. The van der Waals surface area contributed by atoms with E-state index in [1.54, 1.807) is 38.5 Å². The Morgan fingerprint density at radius 3 is 2.16 bits per heavy atom. The summed E-state index contributed by atoms with van der Waals surface area (Å²) in [5, 5.41) is 0. The van der Waals surface area contributed by atoms with Crippen LogP contribution in [-0.2, 0) is 19.1 Å². The molecular formula is C24H28N2O5. The fourth-order valence-corrected chi connectivity index (χ4v) is 3.53. The summed E-state index contributed by atoms with van der Waals surface area (Å²) in [6.45, 7) is 4.11. The SMILES string of the molecule is CCOc1cccc(N2C(=O)C(c3ccccc3)=C(N(CCOC)CCOC)C2=O)c1. The fourth-order valence-electron chi connectivity index (χ4n) is 3.53. The van der Waals surface area contributed by atoms with Crippen LogP contribution in [0.4, 0.5) is 5.69 Å². The second-order valence-corrected chi connectivity index (χ2v) is 6.94. The summed E-state index contributed by atoms with van der Waals surface area (Å²) in [5.41, 5.74) is 1.90. The highest BCUT2D eigenvalue weighted by molar-refractivity contribution is 6.45. The van der Waals surface area contributed by atoms with Crippen molar-refractivity contribution < 1.29 is 23.8 Å². The number of carbonyl (C=O) groups excluding carboxylic acids is 2. The molecule has 0 N–H and O–H groups in total. The van der Waals surface area contributed by atoms with E-state index in [9.17, 15) is 9.59 Å². The molecule has 0 saturated heterocycles. The van der Waals surface area contributed by atoms with Gasteiger partial charge in [-0.15, -0.1) is 0 Å². The number of anilines is 1. The Morgan fingerprint density at radius 2 is 1.55 bits per heavy atom. The van der Waals surface area contributed by atoms with Gasteiger partial charge in [-0.05, 0) is 24.6 Å². The third-order valence-electron chi connectivity index (χ3n) is 4.96. The molecule has 164 valence electrons. The van der Waals surface area contributed by atoms with Gasteiger partial charge in [0.2, 0.25) is 0 Å². The van der Waals surface area contributed by atoms with Gasteiger partial charge in [0.25, 0.3) is 11.8 Å². The molecule has 0 bridgehead atoms. The third-order valence-corrected chi connectivity index (χ3v) is 4.96. The van der Waals surface area contributed by atoms with E-state index in [0.29, 0.717) is 61.2 Å². The van der Waals surface area contributed by atoms with Gasteiger partial charge in [-0.2, -0.15) is 0 Å². The third kappa shape index (κ3) is 4.95. The monoisotopic (exact) mass is 424 g/mol. The van der Waals surface area contributed by atoms with Crippen LogP contribution in [0.1, 0.15) is 12.5 Å². The van der Waals surface area contributed by atoms with E-state index in [1.165, 1.54) is 4.90 Å². The molecule has 31 heavy (non-hydrogen) atoms. The Hall–Kier alpha value is -3.16. The van der Waals surface area contributed by atoms with Gasteiger partial charge in [-0.25, -0.2) is 4.90 Å². The van der Waals surface area contributed by atoms with Crippen molar-refractivity contribution in [3.8, 4) is 5.75 Å². The van der Waals surface area contributed by atoms with Gasteiger partial charge in [0, 0.05) is 33.4 Å². The van der Waals surface area contributed by atoms with Crippen LogP contribution in [-0.4, -0.2) is 63.8 Å². The summed E-state index contributed by atoms with van der Waals surface area (Å²) in [6, 6.07) is 16.3. The second-order valence-electron chi connectivity index (χ2n) is 6.94. The van der Waals surface area contributed by atoms with Crippen molar-refractivity contribution >= 4 is 23.1 Å². The summed E-state index contributed by atoms with van der Waals surface area (Å²) in [4.78, 5) is 30.3. The summed E-state index contributed by atoms with van der Waals surface area (Å²) < 4.78 is 16.0. The van der Waals surface area contributed by atoms with Crippen molar-refractivity contribution in [2.75, 3.05) is 52.0 Å².